The Bertz CT molecular complexity index is 346. The molecule has 0 aromatic heterocycles. The molecule has 0 atom stereocenters. The molecule has 3 N–H and O–H groups in total. The molecule has 0 saturated carbocycles. The van der Waals surface area contributed by atoms with Gasteiger partial charge in [0.2, 0.25) is 0 Å². The second-order valence-electron chi connectivity index (χ2n) is 4.46. The normalized spacial score (nSPS) is 19.6. The smallest absolute Gasteiger partial charge is 0.0529 e. The van der Waals surface area contributed by atoms with E-state index < -0.39 is 0 Å². The summed E-state index contributed by atoms with van der Waals surface area (Å²) in [6.45, 7) is 2.19. The monoisotopic (exact) mass is 221 g/mol. The molecule has 0 aliphatic carbocycles. The van der Waals surface area contributed by atoms with E-state index in [2.05, 4.69) is 12.1 Å². The molecule has 1 saturated heterocycles. The van der Waals surface area contributed by atoms with Crippen LogP contribution in [0.5, 0.6) is 0 Å². The molecule has 1 aromatic rings. The Labute approximate surface area is 96.2 Å². The van der Waals surface area contributed by atoms with Crippen molar-refractivity contribution in [3.05, 3.63) is 35.4 Å². The average molecular weight is 221 g/mol. The zero-order valence-corrected chi connectivity index (χ0v) is 9.48. The molecule has 88 valence electrons. The van der Waals surface area contributed by atoms with Gasteiger partial charge in [-0.1, -0.05) is 24.3 Å². The highest BCUT2D eigenvalue weighted by molar-refractivity contribution is 5.31. The fourth-order valence-corrected chi connectivity index (χ4v) is 2.33. The minimum atomic E-state index is -0.122. The van der Waals surface area contributed by atoms with E-state index in [9.17, 15) is 5.11 Å². The van der Waals surface area contributed by atoms with Gasteiger partial charge in [-0.25, -0.2) is 0 Å². The lowest BCUT2D eigenvalue weighted by atomic mass is 9.74. The molecule has 1 aliphatic rings. The van der Waals surface area contributed by atoms with Crippen molar-refractivity contribution < 1.29 is 9.84 Å². The van der Waals surface area contributed by atoms with Gasteiger partial charge >= 0.3 is 0 Å². The van der Waals surface area contributed by atoms with Gasteiger partial charge in [0.1, 0.15) is 0 Å². The first kappa shape index (κ1) is 11.6. The topological polar surface area (TPSA) is 55.5 Å². The van der Waals surface area contributed by atoms with Gasteiger partial charge in [0, 0.05) is 25.2 Å². The molecule has 3 heteroatoms. The number of nitrogens with two attached hydrogens (primary N) is 1. The standard InChI is InChI=1S/C13H19NO2/c14-9-11-2-1-3-12(8-11)13(10-15)4-6-16-7-5-13/h1-3,8,15H,4-7,9-10,14H2. The summed E-state index contributed by atoms with van der Waals surface area (Å²) in [5, 5.41) is 9.67. The Hall–Kier alpha value is -0.900. The summed E-state index contributed by atoms with van der Waals surface area (Å²) in [6.07, 6.45) is 1.77. The van der Waals surface area contributed by atoms with Crippen molar-refractivity contribution in [2.75, 3.05) is 19.8 Å². The molecular formula is C13H19NO2. The summed E-state index contributed by atoms with van der Waals surface area (Å²) >= 11 is 0. The maximum Gasteiger partial charge on any atom is 0.0529 e. The van der Waals surface area contributed by atoms with Crippen LogP contribution < -0.4 is 5.73 Å². The minimum absolute atomic E-state index is 0.122. The predicted molar refractivity (Wildman–Crippen MR) is 63.2 cm³/mol. The number of aliphatic hydroxyl groups is 1. The molecule has 2 rings (SSSR count). The summed E-state index contributed by atoms with van der Waals surface area (Å²) in [5.41, 5.74) is 7.84. The molecule has 0 amide bonds. The van der Waals surface area contributed by atoms with Crippen LogP contribution in [0.4, 0.5) is 0 Å². The maximum absolute atomic E-state index is 9.67. The van der Waals surface area contributed by atoms with E-state index in [1.54, 1.807) is 0 Å². The number of aliphatic hydroxyl groups excluding tert-OH is 1. The minimum Gasteiger partial charge on any atom is -0.395 e. The zero-order valence-electron chi connectivity index (χ0n) is 9.48. The Kier molecular flexibility index (Phi) is 3.59. The van der Waals surface area contributed by atoms with Crippen molar-refractivity contribution in [1.29, 1.82) is 0 Å². The molecule has 1 heterocycles. The van der Waals surface area contributed by atoms with Crippen molar-refractivity contribution >= 4 is 0 Å². The number of ether oxygens (including phenoxy) is 1. The second kappa shape index (κ2) is 4.95. The molecule has 0 unspecified atom stereocenters. The quantitative estimate of drug-likeness (QED) is 0.806. The SMILES string of the molecule is NCc1cccc(C2(CO)CCOCC2)c1. The van der Waals surface area contributed by atoms with Crippen LogP contribution in [0.3, 0.4) is 0 Å². The van der Waals surface area contributed by atoms with Gasteiger partial charge in [-0.15, -0.1) is 0 Å². The van der Waals surface area contributed by atoms with Gasteiger partial charge in [0.15, 0.2) is 0 Å². The van der Waals surface area contributed by atoms with Gasteiger partial charge in [-0.3, -0.25) is 0 Å². The van der Waals surface area contributed by atoms with Gasteiger partial charge in [0.25, 0.3) is 0 Å². The molecule has 0 bridgehead atoms. The van der Waals surface area contributed by atoms with Crippen molar-refractivity contribution in [2.24, 2.45) is 5.73 Å². The van der Waals surface area contributed by atoms with Crippen LogP contribution in [0.2, 0.25) is 0 Å². The lowest BCUT2D eigenvalue weighted by Gasteiger charge is -2.36. The third-order valence-electron chi connectivity index (χ3n) is 3.53. The molecule has 0 spiro atoms. The third-order valence-corrected chi connectivity index (χ3v) is 3.53. The van der Waals surface area contributed by atoms with Crippen molar-refractivity contribution in [3.63, 3.8) is 0 Å². The molecule has 1 aromatic carbocycles. The van der Waals surface area contributed by atoms with Crippen LogP contribution in [-0.2, 0) is 16.7 Å². The molecular weight excluding hydrogens is 202 g/mol. The summed E-state index contributed by atoms with van der Waals surface area (Å²) in [6, 6.07) is 8.24. The zero-order chi connectivity index (χ0) is 11.4. The van der Waals surface area contributed by atoms with Crippen LogP contribution in [0, 0.1) is 0 Å². The van der Waals surface area contributed by atoms with Crippen LogP contribution in [0.15, 0.2) is 24.3 Å². The van der Waals surface area contributed by atoms with Gasteiger partial charge in [-0.2, -0.15) is 0 Å². The van der Waals surface area contributed by atoms with Crippen LogP contribution in [-0.4, -0.2) is 24.9 Å². The van der Waals surface area contributed by atoms with E-state index in [1.165, 1.54) is 5.56 Å². The highest BCUT2D eigenvalue weighted by Gasteiger charge is 2.33. The van der Waals surface area contributed by atoms with Crippen molar-refractivity contribution in [1.82, 2.24) is 0 Å². The van der Waals surface area contributed by atoms with E-state index >= 15 is 0 Å². The maximum atomic E-state index is 9.67. The van der Waals surface area contributed by atoms with Crippen molar-refractivity contribution in [3.8, 4) is 0 Å². The number of rotatable bonds is 3. The molecule has 1 fully saturated rings. The largest absolute Gasteiger partial charge is 0.395 e. The van der Waals surface area contributed by atoms with Gasteiger partial charge < -0.3 is 15.6 Å². The second-order valence-corrected chi connectivity index (χ2v) is 4.46. The van der Waals surface area contributed by atoms with E-state index in [1.807, 2.05) is 12.1 Å². The highest BCUT2D eigenvalue weighted by atomic mass is 16.5. The first-order valence-electron chi connectivity index (χ1n) is 5.79. The number of hydrogen-bond donors (Lipinski definition) is 2. The van der Waals surface area contributed by atoms with E-state index in [4.69, 9.17) is 10.5 Å². The Morgan fingerprint density at radius 2 is 2.06 bits per heavy atom. The Morgan fingerprint density at radius 3 is 2.69 bits per heavy atom. The first-order valence-corrected chi connectivity index (χ1v) is 5.79. The van der Waals surface area contributed by atoms with E-state index in [0.29, 0.717) is 6.54 Å². The summed E-state index contributed by atoms with van der Waals surface area (Å²) in [7, 11) is 0. The first-order chi connectivity index (χ1) is 7.80. The fraction of sp³-hybridized carbons (Fsp3) is 0.538. The molecule has 3 nitrogen and oxygen atoms in total. The molecule has 1 aliphatic heterocycles. The highest BCUT2D eigenvalue weighted by Crippen LogP contribution is 2.34. The fourth-order valence-electron chi connectivity index (χ4n) is 2.33. The predicted octanol–water partition coefficient (Wildman–Crippen LogP) is 1.19. The summed E-state index contributed by atoms with van der Waals surface area (Å²) in [5.74, 6) is 0. The van der Waals surface area contributed by atoms with Gasteiger partial charge in [-0.05, 0) is 24.0 Å². The number of benzene rings is 1. The lowest BCUT2D eigenvalue weighted by Crippen LogP contribution is -2.37. The van der Waals surface area contributed by atoms with Gasteiger partial charge in [0.05, 0.1) is 6.61 Å². The summed E-state index contributed by atoms with van der Waals surface area (Å²) < 4.78 is 5.37. The van der Waals surface area contributed by atoms with E-state index in [0.717, 1.165) is 31.6 Å². The van der Waals surface area contributed by atoms with Crippen LogP contribution >= 0.6 is 0 Å². The average Bonchev–Trinajstić information content (AvgIpc) is 2.39. The number of hydrogen-bond acceptors (Lipinski definition) is 3. The van der Waals surface area contributed by atoms with E-state index in [-0.39, 0.29) is 12.0 Å². The van der Waals surface area contributed by atoms with Crippen LogP contribution in [0.25, 0.3) is 0 Å². The lowest BCUT2D eigenvalue weighted by molar-refractivity contribution is 0.0253. The van der Waals surface area contributed by atoms with Crippen LogP contribution in [0.1, 0.15) is 24.0 Å². The molecule has 16 heavy (non-hydrogen) atoms. The molecule has 0 radical (unpaired) electrons. The Balaban J connectivity index is 2.31. The third kappa shape index (κ3) is 2.12. The Morgan fingerprint density at radius 1 is 1.31 bits per heavy atom. The van der Waals surface area contributed by atoms with Crippen molar-refractivity contribution in [2.45, 2.75) is 24.8 Å². The summed E-state index contributed by atoms with van der Waals surface area (Å²) in [4.78, 5) is 0.